The molecule has 1 aliphatic heterocycles. The van der Waals surface area contributed by atoms with Gasteiger partial charge in [-0.1, -0.05) is 13.0 Å². The normalized spacial score (nSPS) is 17.7. The Morgan fingerprint density at radius 3 is 2.71 bits per heavy atom. The van der Waals surface area contributed by atoms with E-state index in [1.54, 1.807) is 12.1 Å². The number of nitro groups is 1. The fraction of sp³-hybridized carbons (Fsp3) is 0.500. The van der Waals surface area contributed by atoms with Crippen LogP contribution in [-0.2, 0) is 0 Å². The fourth-order valence-electron chi connectivity index (χ4n) is 2.11. The highest BCUT2D eigenvalue weighted by molar-refractivity contribution is 5.66. The first-order chi connectivity index (χ1) is 7.95. The Morgan fingerprint density at radius 1 is 1.53 bits per heavy atom. The Bertz CT molecular complexity index is 453. The van der Waals surface area contributed by atoms with E-state index in [2.05, 4.69) is 0 Å². The summed E-state index contributed by atoms with van der Waals surface area (Å²) in [5.41, 5.74) is 0.896. The first-order valence-electron chi connectivity index (χ1n) is 5.67. The summed E-state index contributed by atoms with van der Waals surface area (Å²) in [5, 5.41) is 20.9. The molecule has 1 saturated heterocycles. The van der Waals surface area contributed by atoms with Gasteiger partial charge in [0.25, 0.3) is 5.69 Å². The lowest BCUT2D eigenvalue weighted by molar-refractivity contribution is -0.384. The van der Waals surface area contributed by atoms with Gasteiger partial charge in [0.05, 0.1) is 10.5 Å². The van der Waals surface area contributed by atoms with Gasteiger partial charge in [-0.15, -0.1) is 0 Å². The molecule has 0 spiro atoms. The molecule has 1 heterocycles. The molecule has 0 atom stereocenters. The van der Waals surface area contributed by atoms with Gasteiger partial charge in [0.15, 0.2) is 0 Å². The smallest absolute Gasteiger partial charge is 0.292 e. The summed E-state index contributed by atoms with van der Waals surface area (Å²) in [7, 11) is 0. The van der Waals surface area contributed by atoms with Crippen LogP contribution in [0.15, 0.2) is 18.2 Å². The maximum atomic E-state index is 11.0. The van der Waals surface area contributed by atoms with Crippen molar-refractivity contribution in [2.75, 3.05) is 18.0 Å². The number of nitro benzene ring substituents is 1. The summed E-state index contributed by atoms with van der Waals surface area (Å²) < 4.78 is 0. The molecule has 1 aromatic rings. The molecular formula is C12H16N2O3. The minimum Gasteiger partial charge on any atom is -0.386 e. The van der Waals surface area contributed by atoms with Gasteiger partial charge in [-0.25, -0.2) is 0 Å². The van der Waals surface area contributed by atoms with E-state index < -0.39 is 5.60 Å². The zero-order chi connectivity index (χ0) is 12.6. The van der Waals surface area contributed by atoms with E-state index in [0.717, 1.165) is 5.56 Å². The lowest BCUT2D eigenvalue weighted by Gasteiger charge is -2.47. The van der Waals surface area contributed by atoms with Crippen LogP contribution in [0.4, 0.5) is 11.4 Å². The Morgan fingerprint density at radius 2 is 2.18 bits per heavy atom. The summed E-state index contributed by atoms with van der Waals surface area (Å²) in [4.78, 5) is 12.4. The van der Waals surface area contributed by atoms with Crippen LogP contribution in [0.25, 0.3) is 0 Å². The van der Waals surface area contributed by atoms with E-state index in [4.69, 9.17) is 0 Å². The Balaban J connectivity index is 2.26. The molecule has 2 rings (SSSR count). The van der Waals surface area contributed by atoms with Gasteiger partial charge >= 0.3 is 0 Å². The van der Waals surface area contributed by atoms with Crippen molar-refractivity contribution in [2.45, 2.75) is 25.9 Å². The Hall–Kier alpha value is -1.62. The van der Waals surface area contributed by atoms with E-state index in [1.165, 1.54) is 0 Å². The highest BCUT2D eigenvalue weighted by atomic mass is 16.6. The molecule has 1 fully saturated rings. The minimum absolute atomic E-state index is 0.114. The van der Waals surface area contributed by atoms with Gasteiger partial charge in [0, 0.05) is 19.2 Å². The van der Waals surface area contributed by atoms with Crippen LogP contribution in [0.2, 0.25) is 0 Å². The Labute approximate surface area is 99.8 Å². The SMILES string of the molecule is CCC1(O)CN(c2ccc(C)cc2[N+](=O)[O-])C1. The van der Waals surface area contributed by atoms with Crippen LogP contribution in [0.1, 0.15) is 18.9 Å². The number of aryl methyl sites for hydroxylation is 1. The molecule has 92 valence electrons. The van der Waals surface area contributed by atoms with Crippen molar-refractivity contribution >= 4 is 11.4 Å². The molecule has 1 aliphatic rings. The summed E-state index contributed by atoms with van der Waals surface area (Å²) in [5.74, 6) is 0. The number of rotatable bonds is 3. The van der Waals surface area contributed by atoms with Gasteiger partial charge in [-0.05, 0) is 25.0 Å². The number of β-amino-alcohol motifs (C(OH)–C–C–N with tert-alkyl or cyclic N) is 1. The summed E-state index contributed by atoms with van der Waals surface area (Å²) in [6.07, 6.45) is 0.670. The monoisotopic (exact) mass is 236 g/mol. The van der Waals surface area contributed by atoms with Gasteiger partial charge in [0.1, 0.15) is 5.69 Å². The van der Waals surface area contributed by atoms with Crippen LogP contribution >= 0.6 is 0 Å². The van der Waals surface area contributed by atoms with Crippen molar-refractivity contribution < 1.29 is 10.0 Å². The van der Waals surface area contributed by atoms with Crippen LogP contribution in [0.5, 0.6) is 0 Å². The second kappa shape index (κ2) is 4.00. The van der Waals surface area contributed by atoms with Crippen LogP contribution in [-0.4, -0.2) is 28.7 Å². The van der Waals surface area contributed by atoms with Crippen LogP contribution in [0.3, 0.4) is 0 Å². The number of anilines is 1. The van der Waals surface area contributed by atoms with Gasteiger partial charge < -0.3 is 10.0 Å². The molecule has 0 aliphatic carbocycles. The summed E-state index contributed by atoms with van der Waals surface area (Å²) in [6.45, 7) is 4.68. The highest BCUT2D eigenvalue weighted by Gasteiger charge is 2.41. The van der Waals surface area contributed by atoms with E-state index in [0.29, 0.717) is 25.2 Å². The summed E-state index contributed by atoms with van der Waals surface area (Å²) >= 11 is 0. The second-order valence-electron chi connectivity index (χ2n) is 4.68. The number of hydrogen-bond acceptors (Lipinski definition) is 4. The minimum atomic E-state index is -0.682. The maximum Gasteiger partial charge on any atom is 0.292 e. The molecule has 1 aromatic carbocycles. The third-order valence-electron chi connectivity index (χ3n) is 3.30. The lowest BCUT2D eigenvalue weighted by atomic mass is 9.90. The fourth-order valence-corrected chi connectivity index (χ4v) is 2.11. The molecule has 0 radical (unpaired) electrons. The molecular weight excluding hydrogens is 220 g/mol. The maximum absolute atomic E-state index is 11.0. The van der Waals surface area contributed by atoms with Crippen LogP contribution < -0.4 is 4.90 Å². The zero-order valence-corrected chi connectivity index (χ0v) is 10.0. The third kappa shape index (κ3) is 2.10. The molecule has 0 bridgehead atoms. The molecule has 0 aromatic heterocycles. The Kier molecular flexibility index (Phi) is 2.79. The molecule has 0 saturated carbocycles. The van der Waals surface area contributed by atoms with E-state index in [9.17, 15) is 15.2 Å². The first kappa shape index (κ1) is 11.9. The molecule has 0 amide bonds. The number of aliphatic hydroxyl groups is 1. The number of hydrogen-bond donors (Lipinski definition) is 1. The molecule has 5 heteroatoms. The van der Waals surface area contributed by atoms with E-state index in [1.807, 2.05) is 24.8 Å². The number of benzene rings is 1. The molecule has 0 unspecified atom stereocenters. The lowest BCUT2D eigenvalue weighted by Crippen LogP contribution is -2.61. The van der Waals surface area contributed by atoms with Gasteiger partial charge in [0.2, 0.25) is 0 Å². The predicted octanol–water partition coefficient (Wildman–Crippen LogP) is 1.86. The van der Waals surface area contributed by atoms with Crippen molar-refractivity contribution in [1.29, 1.82) is 0 Å². The van der Waals surface area contributed by atoms with Crippen molar-refractivity contribution in [2.24, 2.45) is 0 Å². The quantitative estimate of drug-likeness (QED) is 0.642. The zero-order valence-electron chi connectivity index (χ0n) is 10.0. The van der Waals surface area contributed by atoms with Crippen LogP contribution in [0, 0.1) is 17.0 Å². The van der Waals surface area contributed by atoms with E-state index in [-0.39, 0.29) is 10.6 Å². The summed E-state index contributed by atoms with van der Waals surface area (Å²) in [6, 6.07) is 5.17. The van der Waals surface area contributed by atoms with Gasteiger partial charge in [-0.2, -0.15) is 0 Å². The van der Waals surface area contributed by atoms with Crippen molar-refractivity contribution in [3.05, 3.63) is 33.9 Å². The average molecular weight is 236 g/mol. The average Bonchev–Trinajstić information content (AvgIpc) is 2.25. The van der Waals surface area contributed by atoms with Crippen molar-refractivity contribution in [3.63, 3.8) is 0 Å². The topological polar surface area (TPSA) is 66.6 Å². The third-order valence-corrected chi connectivity index (χ3v) is 3.30. The van der Waals surface area contributed by atoms with E-state index >= 15 is 0 Å². The van der Waals surface area contributed by atoms with Crippen molar-refractivity contribution in [1.82, 2.24) is 0 Å². The largest absolute Gasteiger partial charge is 0.386 e. The highest BCUT2D eigenvalue weighted by Crippen LogP contribution is 2.36. The molecule has 17 heavy (non-hydrogen) atoms. The predicted molar refractivity (Wildman–Crippen MR) is 65.3 cm³/mol. The van der Waals surface area contributed by atoms with Gasteiger partial charge in [-0.3, -0.25) is 10.1 Å². The molecule has 5 nitrogen and oxygen atoms in total. The number of nitrogens with zero attached hydrogens (tertiary/aromatic N) is 2. The first-order valence-corrected chi connectivity index (χ1v) is 5.67. The molecule has 1 N–H and O–H groups in total. The standard InChI is InChI=1S/C12H16N2O3/c1-3-12(15)7-13(8-12)10-5-4-9(2)6-11(10)14(16)17/h4-6,15H,3,7-8H2,1-2H3. The van der Waals surface area contributed by atoms with Crippen molar-refractivity contribution in [3.8, 4) is 0 Å². The second-order valence-corrected chi connectivity index (χ2v) is 4.68.